The number of anilines is 1. The van der Waals surface area contributed by atoms with E-state index in [0.717, 1.165) is 6.07 Å². The van der Waals surface area contributed by atoms with Gasteiger partial charge in [0.2, 0.25) is 5.88 Å². The maximum atomic E-state index is 13.4. The molecule has 2 rings (SSSR count). The van der Waals surface area contributed by atoms with Crippen LogP contribution in [0, 0.1) is 5.82 Å². The van der Waals surface area contributed by atoms with E-state index in [0.29, 0.717) is 0 Å². The van der Waals surface area contributed by atoms with E-state index in [2.05, 4.69) is 9.68 Å². The highest BCUT2D eigenvalue weighted by molar-refractivity contribution is 5.65. The second-order valence-electron chi connectivity index (χ2n) is 2.91. The van der Waals surface area contributed by atoms with Crippen LogP contribution in [0.5, 0.6) is 11.5 Å². The number of hydrogen-bond donors (Lipinski definition) is 3. The summed E-state index contributed by atoms with van der Waals surface area (Å²) in [5, 5.41) is 21.6. The van der Waals surface area contributed by atoms with Crippen LogP contribution < -0.4 is 5.73 Å². The minimum Gasteiger partial charge on any atom is -0.504 e. The topological polar surface area (TPSA) is 92.5 Å². The van der Waals surface area contributed by atoms with Crippen molar-refractivity contribution >= 4 is 5.88 Å². The van der Waals surface area contributed by atoms with Crippen LogP contribution in [0.2, 0.25) is 0 Å². The molecule has 1 heterocycles. The first-order valence-electron chi connectivity index (χ1n) is 4.02. The van der Waals surface area contributed by atoms with Gasteiger partial charge in [-0.2, -0.15) is 0 Å². The number of nitrogens with zero attached hydrogens (tertiary/aromatic N) is 1. The number of phenolic OH excluding ortho intramolecular Hbond substituents is 2. The van der Waals surface area contributed by atoms with Crippen LogP contribution in [-0.4, -0.2) is 15.4 Å². The van der Waals surface area contributed by atoms with E-state index >= 15 is 0 Å². The Bertz CT molecular complexity index is 510. The second kappa shape index (κ2) is 3.16. The zero-order chi connectivity index (χ0) is 11.0. The Morgan fingerprint density at radius 3 is 2.67 bits per heavy atom. The molecule has 5 nitrogen and oxygen atoms in total. The van der Waals surface area contributed by atoms with Crippen molar-refractivity contribution in [2.45, 2.75) is 0 Å². The van der Waals surface area contributed by atoms with Crippen molar-refractivity contribution in [1.82, 2.24) is 5.16 Å². The number of rotatable bonds is 1. The average molecular weight is 210 g/mol. The smallest absolute Gasteiger partial charge is 0.222 e. The van der Waals surface area contributed by atoms with Gasteiger partial charge in [0.25, 0.3) is 0 Å². The molecule has 0 fully saturated rings. The van der Waals surface area contributed by atoms with Crippen molar-refractivity contribution in [3.63, 3.8) is 0 Å². The molecule has 0 amide bonds. The number of halogens is 1. The van der Waals surface area contributed by atoms with Gasteiger partial charge in [-0.25, -0.2) is 4.39 Å². The van der Waals surface area contributed by atoms with Crippen molar-refractivity contribution in [1.29, 1.82) is 0 Å². The van der Waals surface area contributed by atoms with Gasteiger partial charge in [-0.05, 0) is 12.1 Å². The molecule has 0 bridgehead atoms. The first-order valence-corrected chi connectivity index (χ1v) is 4.02. The number of hydrogen-bond acceptors (Lipinski definition) is 5. The molecule has 4 N–H and O–H groups in total. The van der Waals surface area contributed by atoms with Crippen LogP contribution in [-0.2, 0) is 0 Å². The average Bonchev–Trinajstić information content (AvgIpc) is 2.61. The number of aromatic nitrogens is 1. The lowest BCUT2D eigenvalue weighted by Crippen LogP contribution is -1.85. The van der Waals surface area contributed by atoms with E-state index in [9.17, 15) is 4.39 Å². The molecule has 2 aromatic rings. The Labute approximate surface area is 83.5 Å². The first-order chi connectivity index (χ1) is 7.09. The van der Waals surface area contributed by atoms with Gasteiger partial charge in [-0.3, -0.25) is 0 Å². The molecule has 0 saturated carbocycles. The molecule has 0 spiro atoms. The van der Waals surface area contributed by atoms with Crippen LogP contribution in [0.1, 0.15) is 0 Å². The van der Waals surface area contributed by atoms with E-state index in [1.807, 2.05) is 0 Å². The Morgan fingerprint density at radius 2 is 2.07 bits per heavy atom. The lowest BCUT2D eigenvalue weighted by atomic mass is 10.1. The van der Waals surface area contributed by atoms with Gasteiger partial charge < -0.3 is 20.5 Å². The van der Waals surface area contributed by atoms with Gasteiger partial charge in [0.05, 0.1) is 0 Å². The molecule has 1 aromatic carbocycles. The van der Waals surface area contributed by atoms with Gasteiger partial charge >= 0.3 is 0 Å². The van der Waals surface area contributed by atoms with E-state index in [-0.39, 0.29) is 17.1 Å². The number of nitrogen functional groups attached to an aromatic ring is 1. The Morgan fingerprint density at radius 1 is 1.33 bits per heavy atom. The largest absolute Gasteiger partial charge is 0.504 e. The lowest BCUT2D eigenvalue weighted by molar-refractivity contribution is 0.379. The summed E-state index contributed by atoms with van der Waals surface area (Å²) in [5.41, 5.74) is 5.43. The summed E-state index contributed by atoms with van der Waals surface area (Å²) in [7, 11) is 0. The van der Waals surface area contributed by atoms with Crippen LogP contribution in [0.15, 0.2) is 22.7 Å². The molecule has 0 aliphatic heterocycles. The molecular formula is C9H7FN2O3. The fourth-order valence-corrected chi connectivity index (χ4v) is 1.17. The van der Waals surface area contributed by atoms with Crippen molar-refractivity contribution in [3.8, 4) is 22.8 Å². The van der Waals surface area contributed by atoms with Gasteiger partial charge in [-0.15, -0.1) is 0 Å². The Balaban J connectivity index is 2.59. The Hall–Kier alpha value is -2.24. The number of nitrogens with two attached hydrogens (primary N) is 1. The molecule has 78 valence electrons. The predicted molar refractivity (Wildman–Crippen MR) is 49.6 cm³/mol. The third-order valence-corrected chi connectivity index (χ3v) is 1.90. The summed E-state index contributed by atoms with van der Waals surface area (Å²) in [6.45, 7) is 0. The summed E-state index contributed by atoms with van der Waals surface area (Å²) in [4.78, 5) is 0. The predicted octanol–water partition coefficient (Wildman–Crippen LogP) is 1.47. The van der Waals surface area contributed by atoms with E-state index in [4.69, 9.17) is 15.9 Å². The van der Waals surface area contributed by atoms with Crippen LogP contribution in [0.3, 0.4) is 0 Å². The third-order valence-electron chi connectivity index (χ3n) is 1.90. The minimum atomic E-state index is -0.969. The van der Waals surface area contributed by atoms with Crippen LogP contribution in [0.4, 0.5) is 10.3 Å². The van der Waals surface area contributed by atoms with E-state index in [1.54, 1.807) is 0 Å². The van der Waals surface area contributed by atoms with Gasteiger partial charge in [0.1, 0.15) is 5.69 Å². The summed E-state index contributed by atoms with van der Waals surface area (Å²) in [6.07, 6.45) is 0. The number of aromatic hydroxyl groups is 2. The number of benzene rings is 1. The van der Waals surface area contributed by atoms with Gasteiger partial charge in [-0.1, -0.05) is 5.16 Å². The number of phenols is 2. The minimum absolute atomic E-state index is 0.00532. The van der Waals surface area contributed by atoms with Crippen molar-refractivity contribution < 1.29 is 19.1 Å². The van der Waals surface area contributed by atoms with Crippen LogP contribution in [0.25, 0.3) is 11.3 Å². The molecule has 0 unspecified atom stereocenters. The van der Waals surface area contributed by atoms with Gasteiger partial charge in [0.15, 0.2) is 17.3 Å². The maximum Gasteiger partial charge on any atom is 0.222 e. The molecule has 0 aliphatic rings. The van der Waals surface area contributed by atoms with Crippen LogP contribution >= 0.6 is 0 Å². The lowest BCUT2D eigenvalue weighted by Gasteiger charge is -2.02. The highest BCUT2D eigenvalue weighted by atomic mass is 19.1. The van der Waals surface area contributed by atoms with Gasteiger partial charge in [0, 0.05) is 11.6 Å². The summed E-state index contributed by atoms with van der Waals surface area (Å²) >= 11 is 0. The molecule has 1 aromatic heterocycles. The third kappa shape index (κ3) is 1.45. The molecule has 0 atom stereocenters. The SMILES string of the molecule is Nc1cc(-c2ccc(O)c(O)c2F)no1. The zero-order valence-corrected chi connectivity index (χ0v) is 7.44. The molecule has 0 aliphatic carbocycles. The second-order valence-corrected chi connectivity index (χ2v) is 2.91. The Kier molecular flexibility index (Phi) is 1.96. The summed E-state index contributed by atoms with van der Waals surface area (Å²) in [5.74, 6) is -2.29. The first kappa shape index (κ1) is 9.32. The zero-order valence-electron chi connectivity index (χ0n) is 7.44. The van der Waals surface area contributed by atoms with Crippen molar-refractivity contribution in [2.24, 2.45) is 0 Å². The quantitative estimate of drug-likeness (QED) is 0.620. The molecule has 0 saturated heterocycles. The van der Waals surface area contributed by atoms with E-state index < -0.39 is 17.3 Å². The molecule has 15 heavy (non-hydrogen) atoms. The van der Waals surface area contributed by atoms with Crippen molar-refractivity contribution in [3.05, 3.63) is 24.0 Å². The highest BCUT2D eigenvalue weighted by Crippen LogP contribution is 2.34. The summed E-state index contributed by atoms with van der Waals surface area (Å²) < 4.78 is 18.0. The molecule has 0 radical (unpaired) electrons. The highest BCUT2D eigenvalue weighted by Gasteiger charge is 2.15. The fourth-order valence-electron chi connectivity index (χ4n) is 1.17. The molecule has 6 heteroatoms. The summed E-state index contributed by atoms with van der Waals surface area (Å²) in [6, 6.07) is 3.73. The van der Waals surface area contributed by atoms with Crippen molar-refractivity contribution in [2.75, 3.05) is 5.73 Å². The maximum absolute atomic E-state index is 13.4. The van der Waals surface area contributed by atoms with E-state index in [1.165, 1.54) is 12.1 Å². The molecular weight excluding hydrogens is 203 g/mol. The normalized spacial score (nSPS) is 10.5. The fraction of sp³-hybridized carbons (Fsp3) is 0. The monoisotopic (exact) mass is 210 g/mol. The standard InChI is InChI=1S/C9H7FN2O3/c10-8-4(1-2-6(13)9(8)14)5-3-7(11)15-12-5/h1-3,13-14H,11H2.